The first-order chi connectivity index (χ1) is 9.57. The third-order valence-electron chi connectivity index (χ3n) is 3.84. The average molecular weight is 312 g/mol. The first-order valence-electron chi connectivity index (χ1n) is 7.01. The van der Waals surface area contributed by atoms with Crippen molar-refractivity contribution in [1.29, 1.82) is 0 Å². The second kappa shape index (κ2) is 5.47. The predicted octanol–water partition coefficient (Wildman–Crippen LogP) is 0.837. The van der Waals surface area contributed by atoms with Crippen LogP contribution < -0.4 is 15.8 Å². The van der Waals surface area contributed by atoms with Crippen molar-refractivity contribution in [2.45, 2.75) is 31.2 Å². The molecule has 0 saturated carbocycles. The van der Waals surface area contributed by atoms with Gasteiger partial charge in [0.15, 0.2) is 0 Å². The van der Waals surface area contributed by atoms with E-state index in [0.717, 1.165) is 31.9 Å². The number of sulfonamides is 1. The standard InChI is InChI=1S/C14H24N4O2S/c1-14(2,3)18-6-4-17(5-7-18)12-8-11(15)9-13(10-12)21(16,19)20/h8-10H,4-7,15H2,1-3H3,(H2,16,19,20). The number of nitrogen functional groups attached to an aromatic ring is 1. The summed E-state index contributed by atoms with van der Waals surface area (Å²) >= 11 is 0. The topological polar surface area (TPSA) is 92.7 Å². The maximum atomic E-state index is 11.5. The number of rotatable bonds is 2. The maximum Gasteiger partial charge on any atom is 0.238 e. The fraction of sp³-hybridized carbons (Fsp3) is 0.571. The summed E-state index contributed by atoms with van der Waals surface area (Å²) in [6.45, 7) is 10.1. The van der Waals surface area contributed by atoms with Gasteiger partial charge in [0.2, 0.25) is 10.0 Å². The monoisotopic (exact) mass is 312 g/mol. The number of hydrogen-bond donors (Lipinski definition) is 2. The zero-order valence-electron chi connectivity index (χ0n) is 12.8. The van der Waals surface area contributed by atoms with Gasteiger partial charge in [-0.15, -0.1) is 0 Å². The summed E-state index contributed by atoms with van der Waals surface area (Å²) in [4.78, 5) is 4.62. The van der Waals surface area contributed by atoms with Crippen molar-refractivity contribution in [3.63, 3.8) is 0 Å². The van der Waals surface area contributed by atoms with Gasteiger partial charge in [-0.25, -0.2) is 13.6 Å². The summed E-state index contributed by atoms with van der Waals surface area (Å²) in [5.41, 5.74) is 7.17. The molecule has 1 aliphatic heterocycles. The van der Waals surface area contributed by atoms with Gasteiger partial charge in [0.05, 0.1) is 4.90 Å². The minimum atomic E-state index is -3.74. The summed E-state index contributed by atoms with van der Waals surface area (Å²) in [5.74, 6) is 0. The van der Waals surface area contributed by atoms with Crippen molar-refractivity contribution in [3.8, 4) is 0 Å². The molecule has 1 heterocycles. The molecule has 0 atom stereocenters. The molecular weight excluding hydrogens is 288 g/mol. The zero-order chi connectivity index (χ0) is 15.8. The van der Waals surface area contributed by atoms with Crippen molar-refractivity contribution in [2.24, 2.45) is 5.14 Å². The van der Waals surface area contributed by atoms with Crippen LogP contribution in [0.25, 0.3) is 0 Å². The molecule has 0 aromatic heterocycles. The van der Waals surface area contributed by atoms with Gasteiger partial charge in [0.25, 0.3) is 0 Å². The smallest absolute Gasteiger partial charge is 0.238 e. The third kappa shape index (κ3) is 3.87. The van der Waals surface area contributed by atoms with Crippen LogP contribution in [0.4, 0.5) is 11.4 Å². The van der Waals surface area contributed by atoms with E-state index in [9.17, 15) is 8.42 Å². The van der Waals surface area contributed by atoms with E-state index in [-0.39, 0.29) is 10.4 Å². The van der Waals surface area contributed by atoms with Crippen LogP contribution >= 0.6 is 0 Å². The molecule has 21 heavy (non-hydrogen) atoms. The molecular formula is C14H24N4O2S. The number of nitrogens with two attached hydrogens (primary N) is 2. The minimum Gasteiger partial charge on any atom is -0.399 e. The van der Waals surface area contributed by atoms with E-state index >= 15 is 0 Å². The highest BCUT2D eigenvalue weighted by atomic mass is 32.2. The van der Waals surface area contributed by atoms with Gasteiger partial charge in [-0.2, -0.15) is 0 Å². The maximum absolute atomic E-state index is 11.5. The Balaban J connectivity index is 2.19. The van der Waals surface area contributed by atoms with E-state index in [1.807, 2.05) is 0 Å². The number of nitrogens with zero attached hydrogens (tertiary/aromatic N) is 2. The number of anilines is 2. The van der Waals surface area contributed by atoms with Crippen molar-refractivity contribution < 1.29 is 8.42 Å². The lowest BCUT2D eigenvalue weighted by Crippen LogP contribution is -2.53. The van der Waals surface area contributed by atoms with Gasteiger partial charge < -0.3 is 10.6 Å². The Morgan fingerprint density at radius 1 is 1.05 bits per heavy atom. The van der Waals surface area contributed by atoms with Crippen molar-refractivity contribution in [1.82, 2.24) is 4.90 Å². The number of primary sulfonamides is 1. The summed E-state index contributed by atoms with van der Waals surface area (Å²) in [5, 5.41) is 5.19. The molecule has 0 radical (unpaired) electrons. The molecule has 0 aliphatic carbocycles. The zero-order valence-corrected chi connectivity index (χ0v) is 13.7. The van der Waals surface area contributed by atoms with Gasteiger partial charge in [-0.1, -0.05) is 0 Å². The van der Waals surface area contributed by atoms with Crippen LogP contribution in [0.5, 0.6) is 0 Å². The summed E-state index contributed by atoms with van der Waals surface area (Å²) < 4.78 is 23.0. The van der Waals surface area contributed by atoms with E-state index in [4.69, 9.17) is 10.9 Å². The predicted molar refractivity (Wildman–Crippen MR) is 85.8 cm³/mol. The first-order valence-corrected chi connectivity index (χ1v) is 8.55. The summed E-state index contributed by atoms with van der Waals surface area (Å²) in [6, 6.07) is 4.78. The second-order valence-electron chi connectivity index (χ2n) is 6.45. The van der Waals surface area contributed by atoms with E-state index in [2.05, 4.69) is 30.6 Å². The van der Waals surface area contributed by atoms with Crippen LogP contribution in [-0.4, -0.2) is 45.0 Å². The Kier molecular flexibility index (Phi) is 4.19. The van der Waals surface area contributed by atoms with Gasteiger partial charge in [-0.3, -0.25) is 4.90 Å². The number of hydrogen-bond acceptors (Lipinski definition) is 5. The van der Waals surface area contributed by atoms with Crippen LogP contribution in [0, 0.1) is 0 Å². The SMILES string of the molecule is CC(C)(C)N1CCN(c2cc(N)cc(S(N)(=O)=O)c2)CC1. The van der Waals surface area contributed by atoms with Crippen LogP contribution in [0.1, 0.15) is 20.8 Å². The normalized spacial score (nSPS) is 18.0. The molecule has 1 fully saturated rings. The molecule has 7 heteroatoms. The Morgan fingerprint density at radius 3 is 2.10 bits per heavy atom. The highest BCUT2D eigenvalue weighted by molar-refractivity contribution is 7.89. The third-order valence-corrected chi connectivity index (χ3v) is 4.73. The Hall–Kier alpha value is -1.31. The molecule has 0 bridgehead atoms. The molecule has 1 aromatic rings. The van der Waals surface area contributed by atoms with E-state index in [0.29, 0.717) is 5.69 Å². The molecule has 118 valence electrons. The van der Waals surface area contributed by atoms with Crippen LogP contribution in [0.3, 0.4) is 0 Å². The van der Waals surface area contributed by atoms with Gasteiger partial charge in [0.1, 0.15) is 0 Å². The first kappa shape index (κ1) is 16.1. The fourth-order valence-corrected chi connectivity index (χ4v) is 3.17. The average Bonchev–Trinajstić information content (AvgIpc) is 2.36. The lowest BCUT2D eigenvalue weighted by atomic mass is 10.0. The van der Waals surface area contributed by atoms with Crippen molar-refractivity contribution >= 4 is 21.4 Å². The Morgan fingerprint density at radius 2 is 1.62 bits per heavy atom. The van der Waals surface area contributed by atoms with E-state index in [1.54, 1.807) is 12.1 Å². The summed E-state index contributed by atoms with van der Waals surface area (Å²) in [6.07, 6.45) is 0. The fourth-order valence-electron chi connectivity index (χ4n) is 2.59. The minimum absolute atomic E-state index is 0.0655. The molecule has 0 unspecified atom stereocenters. The molecule has 4 N–H and O–H groups in total. The van der Waals surface area contributed by atoms with Gasteiger partial charge in [-0.05, 0) is 39.0 Å². The molecule has 6 nitrogen and oxygen atoms in total. The number of piperazine rings is 1. The Bertz CT molecular complexity index is 614. The number of benzene rings is 1. The van der Waals surface area contributed by atoms with Crippen LogP contribution in [-0.2, 0) is 10.0 Å². The molecule has 1 aliphatic rings. The molecule has 0 spiro atoms. The highest BCUT2D eigenvalue weighted by Gasteiger charge is 2.26. The quantitative estimate of drug-likeness (QED) is 0.789. The lowest BCUT2D eigenvalue weighted by Gasteiger charge is -2.43. The Labute approximate surface area is 126 Å². The van der Waals surface area contributed by atoms with Gasteiger partial charge >= 0.3 is 0 Å². The second-order valence-corrected chi connectivity index (χ2v) is 8.01. The highest BCUT2D eigenvalue weighted by Crippen LogP contribution is 2.25. The lowest BCUT2D eigenvalue weighted by molar-refractivity contribution is 0.128. The molecule has 2 rings (SSSR count). The van der Waals surface area contributed by atoms with Crippen LogP contribution in [0.2, 0.25) is 0 Å². The van der Waals surface area contributed by atoms with E-state index in [1.165, 1.54) is 6.07 Å². The summed E-state index contributed by atoms with van der Waals surface area (Å²) in [7, 11) is -3.74. The molecule has 0 amide bonds. The van der Waals surface area contributed by atoms with E-state index < -0.39 is 10.0 Å². The van der Waals surface area contributed by atoms with Crippen molar-refractivity contribution in [2.75, 3.05) is 36.8 Å². The van der Waals surface area contributed by atoms with Crippen LogP contribution in [0.15, 0.2) is 23.1 Å². The van der Waals surface area contributed by atoms with Crippen molar-refractivity contribution in [3.05, 3.63) is 18.2 Å². The molecule has 1 aromatic carbocycles. The largest absolute Gasteiger partial charge is 0.399 e. The van der Waals surface area contributed by atoms with Gasteiger partial charge in [0, 0.05) is 43.1 Å². The molecule has 1 saturated heterocycles.